The maximum Gasteiger partial charge on any atom is 0.243 e. The van der Waals surface area contributed by atoms with Gasteiger partial charge < -0.3 is 10.6 Å². The van der Waals surface area contributed by atoms with Crippen molar-refractivity contribution in [3.8, 4) is 0 Å². The summed E-state index contributed by atoms with van der Waals surface area (Å²) in [7, 11) is -0.507. The van der Waals surface area contributed by atoms with E-state index in [9.17, 15) is 13.2 Å². The highest BCUT2D eigenvalue weighted by molar-refractivity contribution is 7.89. The SMILES string of the molecule is CNC(=O)CCN(C)S(=O)(=O)c1cccc2c1CCNC2. The largest absolute Gasteiger partial charge is 0.359 e. The van der Waals surface area contributed by atoms with Gasteiger partial charge in [0, 0.05) is 33.6 Å². The summed E-state index contributed by atoms with van der Waals surface area (Å²) in [6, 6.07) is 5.37. The van der Waals surface area contributed by atoms with E-state index in [4.69, 9.17) is 0 Å². The van der Waals surface area contributed by atoms with Crippen LogP contribution in [0.4, 0.5) is 0 Å². The lowest BCUT2D eigenvalue weighted by molar-refractivity contribution is -0.120. The highest BCUT2D eigenvalue weighted by Gasteiger charge is 2.26. The van der Waals surface area contributed by atoms with E-state index in [1.54, 1.807) is 12.1 Å². The van der Waals surface area contributed by atoms with Crippen LogP contribution in [0.15, 0.2) is 23.1 Å². The first-order chi connectivity index (χ1) is 9.96. The van der Waals surface area contributed by atoms with Gasteiger partial charge in [0.2, 0.25) is 15.9 Å². The molecular weight excluding hydrogens is 290 g/mol. The molecule has 2 N–H and O–H groups in total. The predicted molar refractivity (Wildman–Crippen MR) is 80.4 cm³/mol. The average molecular weight is 311 g/mol. The van der Waals surface area contributed by atoms with Crippen molar-refractivity contribution in [1.82, 2.24) is 14.9 Å². The molecule has 0 fully saturated rings. The molecule has 0 spiro atoms. The Kier molecular flexibility index (Phi) is 4.97. The van der Waals surface area contributed by atoms with Crippen LogP contribution in [0.1, 0.15) is 17.5 Å². The van der Waals surface area contributed by atoms with Gasteiger partial charge in [0.05, 0.1) is 4.90 Å². The Morgan fingerprint density at radius 1 is 1.43 bits per heavy atom. The molecule has 1 aromatic rings. The van der Waals surface area contributed by atoms with Gasteiger partial charge in [-0.2, -0.15) is 0 Å². The molecule has 2 rings (SSSR count). The quantitative estimate of drug-likeness (QED) is 0.808. The summed E-state index contributed by atoms with van der Waals surface area (Å²) in [5, 5.41) is 5.73. The zero-order chi connectivity index (χ0) is 15.5. The fourth-order valence-electron chi connectivity index (χ4n) is 2.41. The van der Waals surface area contributed by atoms with Crippen LogP contribution in [0.25, 0.3) is 0 Å². The topological polar surface area (TPSA) is 78.5 Å². The van der Waals surface area contributed by atoms with E-state index in [-0.39, 0.29) is 18.9 Å². The molecule has 0 aromatic heterocycles. The summed E-state index contributed by atoms with van der Waals surface area (Å²) in [6.07, 6.45) is 0.858. The Balaban J connectivity index is 2.25. The summed E-state index contributed by atoms with van der Waals surface area (Å²) in [5.41, 5.74) is 1.92. The minimum absolute atomic E-state index is 0.156. The Morgan fingerprint density at radius 3 is 2.90 bits per heavy atom. The smallest absolute Gasteiger partial charge is 0.243 e. The molecular formula is C14H21N3O3S. The summed E-state index contributed by atoms with van der Waals surface area (Å²) in [5.74, 6) is -0.170. The third-order valence-electron chi connectivity index (χ3n) is 3.72. The molecule has 0 atom stereocenters. The van der Waals surface area contributed by atoms with Crippen molar-refractivity contribution in [2.24, 2.45) is 0 Å². The van der Waals surface area contributed by atoms with E-state index in [0.717, 1.165) is 17.7 Å². The minimum atomic E-state index is -3.56. The lowest BCUT2D eigenvalue weighted by Crippen LogP contribution is -2.33. The van der Waals surface area contributed by atoms with Crippen LogP contribution in [0.5, 0.6) is 0 Å². The fraction of sp³-hybridized carbons (Fsp3) is 0.500. The number of hydrogen-bond acceptors (Lipinski definition) is 4. The second-order valence-corrected chi connectivity index (χ2v) is 7.08. The van der Waals surface area contributed by atoms with Crippen LogP contribution in [0.2, 0.25) is 0 Å². The van der Waals surface area contributed by atoms with E-state index >= 15 is 0 Å². The first-order valence-electron chi connectivity index (χ1n) is 6.95. The molecule has 0 bridgehead atoms. The first-order valence-corrected chi connectivity index (χ1v) is 8.39. The van der Waals surface area contributed by atoms with E-state index in [2.05, 4.69) is 10.6 Å². The Bertz CT molecular complexity index is 628. The number of carbonyl (C=O) groups is 1. The molecule has 1 aliphatic heterocycles. The molecule has 0 radical (unpaired) electrons. The van der Waals surface area contributed by atoms with Crippen molar-refractivity contribution in [2.75, 3.05) is 27.2 Å². The molecule has 21 heavy (non-hydrogen) atoms. The van der Waals surface area contributed by atoms with Crippen molar-refractivity contribution in [2.45, 2.75) is 24.3 Å². The minimum Gasteiger partial charge on any atom is -0.359 e. The van der Waals surface area contributed by atoms with Crippen LogP contribution in [-0.2, 0) is 27.8 Å². The molecule has 1 aliphatic rings. The number of rotatable bonds is 5. The van der Waals surface area contributed by atoms with Gasteiger partial charge in [0.1, 0.15) is 0 Å². The maximum absolute atomic E-state index is 12.7. The van der Waals surface area contributed by atoms with Crippen molar-refractivity contribution in [3.63, 3.8) is 0 Å². The van der Waals surface area contributed by atoms with Crippen LogP contribution < -0.4 is 10.6 Å². The van der Waals surface area contributed by atoms with Gasteiger partial charge in [-0.25, -0.2) is 12.7 Å². The number of sulfonamides is 1. The van der Waals surface area contributed by atoms with Crippen molar-refractivity contribution < 1.29 is 13.2 Å². The van der Waals surface area contributed by atoms with Crippen molar-refractivity contribution in [3.05, 3.63) is 29.3 Å². The molecule has 0 saturated heterocycles. The highest BCUT2D eigenvalue weighted by Crippen LogP contribution is 2.25. The van der Waals surface area contributed by atoms with Crippen LogP contribution in [-0.4, -0.2) is 45.8 Å². The van der Waals surface area contributed by atoms with Crippen molar-refractivity contribution in [1.29, 1.82) is 0 Å². The first kappa shape index (κ1) is 15.9. The van der Waals surface area contributed by atoms with Crippen LogP contribution in [0, 0.1) is 0 Å². The third kappa shape index (κ3) is 3.42. The second-order valence-electron chi connectivity index (χ2n) is 5.07. The molecule has 116 valence electrons. The number of nitrogens with zero attached hydrogens (tertiary/aromatic N) is 1. The monoisotopic (exact) mass is 311 g/mol. The fourth-order valence-corrected chi connectivity index (χ4v) is 3.87. The molecule has 1 amide bonds. The zero-order valence-corrected chi connectivity index (χ0v) is 13.2. The number of nitrogens with one attached hydrogen (secondary N) is 2. The van der Waals surface area contributed by atoms with Crippen molar-refractivity contribution >= 4 is 15.9 Å². The van der Waals surface area contributed by atoms with E-state index in [0.29, 0.717) is 17.9 Å². The number of hydrogen-bond donors (Lipinski definition) is 2. The number of amides is 1. The lowest BCUT2D eigenvalue weighted by Gasteiger charge is -2.23. The van der Waals surface area contributed by atoms with Gasteiger partial charge in [0.15, 0.2) is 0 Å². The van der Waals surface area contributed by atoms with Gasteiger partial charge in [-0.3, -0.25) is 4.79 Å². The van der Waals surface area contributed by atoms with Gasteiger partial charge in [-0.1, -0.05) is 12.1 Å². The molecule has 6 nitrogen and oxygen atoms in total. The van der Waals surface area contributed by atoms with Gasteiger partial charge in [-0.15, -0.1) is 0 Å². The summed E-state index contributed by atoms with van der Waals surface area (Å²) < 4.78 is 26.6. The van der Waals surface area contributed by atoms with Gasteiger partial charge in [0.25, 0.3) is 0 Å². The normalized spacial score (nSPS) is 14.8. The summed E-state index contributed by atoms with van der Waals surface area (Å²) in [6.45, 7) is 1.64. The van der Waals surface area contributed by atoms with Crippen LogP contribution in [0.3, 0.4) is 0 Å². The molecule has 1 heterocycles. The molecule has 0 unspecified atom stereocenters. The maximum atomic E-state index is 12.7. The van der Waals surface area contributed by atoms with E-state index < -0.39 is 10.0 Å². The summed E-state index contributed by atoms with van der Waals surface area (Å²) in [4.78, 5) is 11.6. The average Bonchev–Trinajstić information content (AvgIpc) is 2.51. The predicted octanol–water partition coefficient (Wildman–Crippen LogP) is 0.0889. The Hall–Kier alpha value is -1.44. The van der Waals surface area contributed by atoms with Gasteiger partial charge in [-0.05, 0) is 30.2 Å². The summed E-state index contributed by atoms with van der Waals surface area (Å²) >= 11 is 0. The van der Waals surface area contributed by atoms with E-state index in [1.165, 1.54) is 18.4 Å². The highest BCUT2D eigenvalue weighted by atomic mass is 32.2. The lowest BCUT2D eigenvalue weighted by atomic mass is 10.0. The second kappa shape index (κ2) is 6.55. The van der Waals surface area contributed by atoms with E-state index in [1.807, 2.05) is 6.07 Å². The number of carbonyl (C=O) groups excluding carboxylic acids is 1. The van der Waals surface area contributed by atoms with Gasteiger partial charge >= 0.3 is 0 Å². The number of benzene rings is 1. The number of fused-ring (bicyclic) bond motifs is 1. The zero-order valence-electron chi connectivity index (χ0n) is 12.3. The molecule has 0 aliphatic carbocycles. The molecule has 1 aromatic carbocycles. The molecule has 0 saturated carbocycles. The third-order valence-corrected chi connectivity index (χ3v) is 5.66. The Morgan fingerprint density at radius 2 is 2.19 bits per heavy atom. The van der Waals surface area contributed by atoms with Crippen LogP contribution >= 0.6 is 0 Å². The Labute approximate surface area is 125 Å². The molecule has 7 heteroatoms. The standard InChI is InChI=1S/C14H21N3O3S/c1-15-14(18)7-9-17(2)21(19,20)13-5-3-4-11-10-16-8-6-12(11)13/h3-5,16H,6-10H2,1-2H3,(H,15,18).